The summed E-state index contributed by atoms with van der Waals surface area (Å²) >= 11 is 0. The van der Waals surface area contributed by atoms with Crippen molar-refractivity contribution in [2.45, 2.75) is 33.9 Å². The Kier molecular flexibility index (Phi) is 7.16. The first-order chi connectivity index (χ1) is 14.4. The van der Waals surface area contributed by atoms with E-state index < -0.39 is 0 Å². The summed E-state index contributed by atoms with van der Waals surface area (Å²) in [4.78, 5) is 6.14. The summed E-state index contributed by atoms with van der Waals surface area (Å²) in [6, 6.07) is 10.0. The average molecular weight is 405 g/mol. The molecule has 2 aromatic heterocycles. The van der Waals surface area contributed by atoms with Crippen molar-refractivity contribution >= 4 is 0 Å². The van der Waals surface area contributed by atoms with Crippen molar-refractivity contribution in [1.82, 2.24) is 9.88 Å². The first-order valence-corrected chi connectivity index (χ1v) is 9.93. The number of likely N-dealkylation sites (N-methyl/N-ethyl adjacent to an activating group) is 1. The first-order valence-electron chi connectivity index (χ1n) is 9.93. The molecule has 0 atom stereocenters. The third-order valence-electron chi connectivity index (χ3n) is 4.17. The summed E-state index contributed by atoms with van der Waals surface area (Å²) in [5, 5.41) is 0. The number of hydrogen-bond donors (Lipinski definition) is 0. The van der Waals surface area contributed by atoms with Crippen LogP contribution in [0.25, 0.3) is 11.3 Å². The highest BCUT2D eigenvalue weighted by Crippen LogP contribution is 2.23. The van der Waals surface area contributed by atoms with Gasteiger partial charge in [-0.05, 0) is 57.7 Å². The van der Waals surface area contributed by atoms with E-state index in [-0.39, 0.29) is 5.41 Å². The fraction of sp³-hybridized carbons (Fsp3) is 0.320. The Labute approximate surface area is 178 Å². The lowest BCUT2D eigenvalue weighted by Gasteiger charge is -2.15. The van der Waals surface area contributed by atoms with Crippen molar-refractivity contribution in [3.63, 3.8) is 0 Å². The molecule has 3 rings (SSSR count). The van der Waals surface area contributed by atoms with Gasteiger partial charge in [0.25, 0.3) is 0 Å². The second-order valence-corrected chi connectivity index (χ2v) is 8.22. The fourth-order valence-electron chi connectivity index (χ4n) is 2.76. The van der Waals surface area contributed by atoms with Gasteiger partial charge in [-0.2, -0.15) is 0 Å². The van der Waals surface area contributed by atoms with Gasteiger partial charge < -0.3 is 13.6 Å². The van der Waals surface area contributed by atoms with Gasteiger partial charge in [0.05, 0.1) is 11.8 Å². The van der Waals surface area contributed by atoms with Crippen molar-refractivity contribution in [1.29, 1.82) is 0 Å². The summed E-state index contributed by atoms with van der Waals surface area (Å²) in [5.41, 5.74) is 2.07. The molecule has 5 heteroatoms. The molecule has 2 heterocycles. The first kappa shape index (κ1) is 21.5. The number of aromatic nitrogens is 1. The highest BCUT2D eigenvalue weighted by atomic mass is 16.5. The van der Waals surface area contributed by atoms with Crippen LogP contribution in [0.1, 0.15) is 32.1 Å². The lowest BCUT2D eigenvalue weighted by atomic mass is 9.98. The number of allylic oxidation sites excluding steroid dienone is 1. The van der Waals surface area contributed by atoms with Gasteiger partial charge in [0.1, 0.15) is 24.4 Å². The number of oxazole rings is 1. The molecule has 0 saturated carbocycles. The minimum Gasteiger partial charge on any atom is -0.486 e. The molecule has 156 valence electrons. The Balaban J connectivity index is 1.49. The van der Waals surface area contributed by atoms with Gasteiger partial charge in [-0.3, -0.25) is 4.90 Å². The Hall–Kier alpha value is -3.23. The molecule has 0 fully saturated rings. The third-order valence-corrected chi connectivity index (χ3v) is 4.17. The normalized spacial score (nSPS) is 11.6. The number of rotatable bonds is 8. The number of furan rings is 1. The van der Waals surface area contributed by atoms with Crippen LogP contribution in [-0.2, 0) is 13.2 Å². The van der Waals surface area contributed by atoms with Gasteiger partial charge >= 0.3 is 0 Å². The molecule has 30 heavy (non-hydrogen) atoms. The van der Waals surface area contributed by atoms with Crippen LogP contribution in [0.2, 0.25) is 0 Å². The van der Waals surface area contributed by atoms with E-state index in [0.717, 1.165) is 30.2 Å². The zero-order valence-electron chi connectivity index (χ0n) is 18.0. The second kappa shape index (κ2) is 10.00. The van der Waals surface area contributed by atoms with Crippen LogP contribution in [-0.4, -0.2) is 23.5 Å². The Morgan fingerprint density at radius 1 is 1.20 bits per heavy atom. The molecule has 0 unspecified atom stereocenters. The van der Waals surface area contributed by atoms with Crippen molar-refractivity contribution < 1.29 is 13.6 Å². The summed E-state index contributed by atoms with van der Waals surface area (Å²) in [6.45, 7) is 8.33. The van der Waals surface area contributed by atoms with Crippen LogP contribution in [0, 0.1) is 17.3 Å². The second-order valence-electron chi connectivity index (χ2n) is 8.22. The summed E-state index contributed by atoms with van der Waals surface area (Å²) in [7, 11) is 2.09. The third kappa shape index (κ3) is 6.98. The fourth-order valence-corrected chi connectivity index (χ4v) is 2.76. The molecule has 0 amide bonds. The van der Waals surface area contributed by atoms with Crippen molar-refractivity contribution in [3.05, 3.63) is 72.7 Å². The number of ether oxygens (including phenoxy) is 1. The van der Waals surface area contributed by atoms with E-state index >= 15 is 0 Å². The molecule has 0 saturated heterocycles. The van der Waals surface area contributed by atoms with E-state index in [2.05, 4.69) is 67.8 Å². The van der Waals surface area contributed by atoms with Gasteiger partial charge in [0.2, 0.25) is 0 Å². The maximum atomic E-state index is 5.90. The van der Waals surface area contributed by atoms with E-state index in [1.165, 1.54) is 12.0 Å². The predicted octanol–water partition coefficient (Wildman–Crippen LogP) is 5.55. The van der Waals surface area contributed by atoms with Crippen molar-refractivity contribution in [3.8, 4) is 28.9 Å². The Morgan fingerprint density at radius 2 is 2.07 bits per heavy atom. The lowest BCUT2D eigenvalue weighted by Crippen LogP contribution is -2.17. The molecular formula is C25H28N2O3. The maximum Gasteiger partial charge on any atom is 0.181 e. The zero-order chi connectivity index (χ0) is 21.4. The summed E-state index contributed by atoms with van der Waals surface area (Å²) < 4.78 is 16.7. The maximum absolute atomic E-state index is 5.90. The largest absolute Gasteiger partial charge is 0.486 e. The molecule has 3 aromatic rings. The lowest BCUT2D eigenvalue weighted by molar-refractivity contribution is 0.269. The predicted molar refractivity (Wildman–Crippen MR) is 118 cm³/mol. The monoisotopic (exact) mass is 404 g/mol. The van der Waals surface area contributed by atoms with E-state index in [4.69, 9.17) is 13.6 Å². The number of hydrogen-bond acceptors (Lipinski definition) is 5. The topological polar surface area (TPSA) is 51.6 Å². The van der Waals surface area contributed by atoms with E-state index in [1.54, 1.807) is 12.5 Å². The Bertz CT molecular complexity index is 1010. The highest BCUT2D eigenvalue weighted by molar-refractivity contribution is 5.54. The van der Waals surface area contributed by atoms with Gasteiger partial charge in [-0.15, -0.1) is 0 Å². The van der Waals surface area contributed by atoms with Crippen LogP contribution in [0.15, 0.2) is 70.2 Å². The van der Waals surface area contributed by atoms with Crippen LogP contribution < -0.4 is 4.74 Å². The van der Waals surface area contributed by atoms with Gasteiger partial charge in [0.15, 0.2) is 12.2 Å². The zero-order valence-corrected chi connectivity index (χ0v) is 18.0. The van der Waals surface area contributed by atoms with Crippen LogP contribution in [0.5, 0.6) is 5.75 Å². The quantitative estimate of drug-likeness (QED) is 0.461. The molecule has 0 bridgehead atoms. The highest BCUT2D eigenvalue weighted by Gasteiger charge is 2.08. The van der Waals surface area contributed by atoms with E-state index in [0.29, 0.717) is 12.4 Å². The summed E-state index contributed by atoms with van der Waals surface area (Å²) in [6.07, 6.45) is 8.71. The van der Waals surface area contributed by atoms with Gasteiger partial charge in [-0.1, -0.05) is 30.0 Å². The minimum absolute atomic E-state index is 0.0316. The van der Waals surface area contributed by atoms with E-state index in [9.17, 15) is 0 Å². The van der Waals surface area contributed by atoms with Crippen LogP contribution in [0.4, 0.5) is 0 Å². The SMILES string of the molecule is CN(CC=CC#CC(C)(C)C)Cc1cccc(OCc2cc(-c3cnco3)co2)c1. The molecule has 5 nitrogen and oxygen atoms in total. The smallest absolute Gasteiger partial charge is 0.181 e. The number of benzene rings is 1. The molecule has 0 aliphatic rings. The van der Waals surface area contributed by atoms with Gasteiger partial charge in [-0.25, -0.2) is 4.98 Å². The molecule has 0 radical (unpaired) electrons. The molecule has 0 spiro atoms. The van der Waals surface area contributed by atoms with Crippen LogP contribution in [0.3, 0.4) is 0 Å². The molecule has 0 aliphatic carbocycles. The number of nitrogens with zero attached hydrogens (tertiary/aromatic N) is 2. The molecule has 1 aromatic carbocycles. The standard InChI is InChI=1S/C25H28N2O3/c1-25(2,3)11-6-5-7-12-27(4)16-20-9-8-10-22(13-20)29-18-23-14-21(17-28-23)24-15-26-19-30-24/h5,7-10,13-15,17,19H,12,16,18H2,1-4H3. The van der Waals surface area contributed by atoms with Crippen molar-refractivity contribution in [2.24, 2.45) is 5.41 Å². The molecule has 0 aliphatic heterocycles. The molecular weight excluding hydrogens is 376 g/mol. The van der Waals surface area contributed by atoms with E-state index in [1.807, 2.05) is 24.3 Å². The minimum atomic E-state index is 0.0316. The molecule has 0 N–H and O–H groups in total. The van der Waals surface area contributed by atoms with Gasteiger partial charge in [0, 0.05) is 18.5 Å². The van der Waals surface area contributed by atoms with Crippen LogP contribution >= 0.6 is 0 Å². The average Bonchev–Trinajstić information content (AvgIpc) is 3.37. The Morgan fingerprint density at radius 3 is 2.83 bits per heavy atom. The summed E-state index contributed by atoms with van der Waals surface area (Å²) in [5.74, 6) is 8.51. The van der Waals surface area contributed by atoms with Crippen molar-refractivity contribution in [2.75, 3.05) is 13.6 Å².